The van der Waals surface area contributed by atoms with Crippen LogP contribution in [0, 0.1) is 0 Å². The van der Waals surface area contributed by atoms with E-state index in [0.717, 1.165) is 17.1 Å². The van der Waals surface area contributed by atoms with Gasteiger partial charge in [0.1, 0.15) is 17.3 Å². The van der Waals surface area contributed by atoms with E-state index in [-0.39, 0.29) is 17.7 Å². The summed E-state index contributed by atoms with van der Waals surface area (Å²) in [5.41, 5.74) is 0.918. The van der Waals surface area contributed by atoms with E-state index >= 15 is 0 Å². The number of nitrogens with one attached hydrogen (secondary N) is 1. The van der Waals surface area contributed by atoms with E-state index in [1.54, 1.807) is 0 Å². The van der Waals surface area contributed by atoms with Crippen LogP contribution < -0.4 is 10.1 Å². The lowest BCUT2D eigenvalue weighted by Crippen LogP contribution is -2.33. The molecule has 5 heteroatoms. The van der Waals surface area contributed by atoms with Crippen LogP contribution in [0.2, 0.25) is 0 Å². The Morgan fingerprint density at radius 1 is 1.04 bits per heavy atom. The number of amides is 1. The van der Waals surface area contributed by atoms with Crippen molar-refractivity contribution in [3.63, 3.8) is 0 Å². The van der Waals surface area contributed by atoms with Crippen LogP contribution >= 0.6 is 0 Å². The van der Waals surface area contributed by atoms with Crippen LogP contribution in [0.1, 0.15) is 19.4 Å². The fourth-order valence-electron chi connectivity index (χ4n) is 2.03. The summed E-state index contributed by atoms with van der Waals surface area (Å²) < 4.78 is 17.7. The van der Waals surface area contributed by atoms with Gasteiger partial charge < -0.3 is 10.1 Å². The molecule has 1 atom stereocenters. The van der Waals surface area contributed by atoms with Crippen molar-refractivity contribution in [1.82, 2.24) is 5.32 Å². The van der Waals surface area contributed by atoms with Crippen molar-refractivity contribution < 1.29 is 13.7 Å². The fourth-order valence-corrected chi connectivity index (χ4v) is 3.07. The Morgan fingerprint density at radius 2 is 1.65 bits per heavy atom. The van der Waals surface area contributed by atoms with Gasteiger partial charge in [0.05, 0.1) is 0 Å². The zero-order valence-electron chi connectivity index (χ0n) is 13.3. The highest BCUT2D eigenvalue weighted by atomic mass is 32.2. The van der Waals surface area contributed by atoms with Crippen LogP contribution in [-0.2, 0) is 21.3 Å². The molecular formula is C18H21NO3S. The molecule has 0 saturated carbocycles. The van der Waals surface area contributed by atoms with Gasteiger partial charge in [-0.15, -0.1) is 0 Å². The zero-order valence-corrected chi connectivity index (χ0v) is 14.1. The third-order valence-corrected chi connectivity index (χ3v) is 4.21. The number of rotatable bonds is 7. The number of carbonyl (C=O) groups excluding carboxylic acids is 1. The second-order valence-corrected chi connectivity index (χ2v) is 6.97. The number of hydrogen-bond donors (Lipinski definition) is 1. The van der Waals surface area contributed by atoms with Crippen molar-refractivity contribution in [3.05, 3.63) is 60.2 Å². The Labute approximate surface area is 139 Å². The van der Waals surface area contributed by atoms with Gasteiger partial charge in [-0.2, -0.15) is 0 Å². The minimum Gasteiger partial charge on any atom is -0.457 e. The van der Waals surface area contributed by atoms with Gasteiger partial charge in [-0.3, -0.25) is 9.00 Å². The average molecular weight is 331 g/mol. The fraction of sp³-hybridized carbons (Fsp3) is 0.278. The molecule has 0 spiro atoms. The molecule has 0 aliphatic carbocycles. The van der Waals surface area contributed by atoms with Crippen LogP contribution in [0.25, 0.3) is 0 Å². The molecule has 122 valence electrons. The Balaban J connectivity index is 1.87. The molecule has 0 aliphatic rings. The molecule has 1 N–H and O–H groups in total. The maximum atomic E-state index is 12.0. The smallest absolute Gasteiger partial charge is 0.232 e. The summed E-state index contributed by atoms with van der Waals surface area (Å²) in [4.78, 5) is 11.6. The maximum Gasteiger partial charge on any atom is 0.232 e. The molecule has 2 rings (SSSR count). The average Bonchev–Trinajstić information content (AvgIpc) is 2.49. The van der Waals surface area contributed by atoms with E-state index in [0.29, 0.717) is 5.75 Å². The predicted molar refractivity (Wildman–Crippen MR) is 93.0 cm³/mol. The second-order valence-electron chi connectivity index (χ2n) is 5.51. The summed E-state index contributed by atoms with van der Waals surface area (Å²) in [6.07, 6.45) is 0. The molecule has 23 heavy (non-hydrogen) atoms. The van der Waals surface area contributed by atoms with Gasteiger partial charge in [0.25, 0.3) is 0 Å². The highest BCUT2D eigenvalue weighted by molar-refractivity contribution is 7.84. The molecule has 4 nitrogen and oxygen atoms in total. The molecule has 0 bridgehead atoms. The van der Waals surface area contributed by atoms with Gasteiger partial charge in [0.15, 0.2) is 0 Å². The summed E-state index contributed by atoms with van der Waals surface area (Å²) >= 11 is 0. The Bertz CT molecular complexity index is 654. The zero-order chi connectivity index (χ0) is 16.7. The summed E-state index contributed by atoms with van der Waals surface area (Å²) in [6.45, 7) is 3.76. The van der Waals surface area contributed by atoms with Gasteiger partial charge in [0.2, 0.25) is 5.91 Å². The van der Waals surface area contributed by atoms with E-state index in [1.807, 2.05) is 68.4 Å². The Morgan fingerprint density at radius 3 is 2.26 bits per heavy atom. The first kappa shape index (κ1) is 17.2. The van der Waals surface area contributed by atoms with E-state index in [1.165, 1.54) is 0 Å². The van der Waals surface area contributed by atoms with E-state index in [4.69, 9.17) is 4.74 Å². The first-order valence-corrected chi connectivity index (χ1v) is 8.98. The SMILES string of the molecule is CC(C)NC(=O)CS(=O)Cc1ccc(Oc2ccccc2)cc1. The highest BCUT2D eigenvalue weighted by Gasteiger charge is 2.09. The molecule has 0 radical (unpaired) electrons. The highest BCUT2D eigenvalue weighted by Crippen LogP contribution is 2.21. The van der Waals surface area contributed by atoms with Crippen LogP contribution in [0.5, 0.6) is 11.5 Å². The van der Waals surface area contributed by atoms with Gasteiger partial charge in [-0.25, -0.2) is 0 Å². The van der Waals surface area contributed by atoms with Crippen LogP contribution in [-0.4, -0.2) is 21.9 Å². The predicted octanol–water partition coefficient (Wildman–Crippen LogP) is 3.25. The molecule has 2 aromatic carbocycles. The maximum absolute atomic E-state index is 12.0. The first-order chi connectivity index (χ1) is 11.0. The Kier molecular flexibility index (Phi) is 6.35. The topological polar surface area (TPSA) is 55.4 Å². The summed E-state index contributed by atoms with van der Waals surface area (Å²) in [6, 6.07) is 17.0. The number of benzene rings is 2. The lowest BCUT2D eigenvalue weighted by molar-refractivity contribution is -0.119. The summed E-state index contributed by atoms with van der Waals surface area (Å²) in [5.74, 6) is 1.71. The molecule has 0 fully saturated rings. The molecule has 0 heterocycles. The van der Waals surface area contributed by atoms with Crippen LogP contribution in [0.4, 0.5) is 0 Å². The minimum atomic E-state index is -1.21. The third-order valence-electron chi connectivity index (χ3n) is 2.97. The normalized spacial score (nSPS) is 12.0. The van der Waals surface area contributed by atoms with Crippen molar-refractivity contribution in [2.24, 2.45) is 0 Å². The lowest BCUT2D eigenvalue weighted by atomic mass is 10.2. The molecule has 0 saturated heterocycles. The quantitative estimate of drug-likeness (QED) is 0.847. The van der Waals surface area contributed by atoms with E-state index < -0.39 is 10.8 Å². The van der Waals surface area contributed by atoms with Gasteiger partial charge in [0, 0.05) is 22.6 Å². The first-order valence-electron chi connectivity index (χ1n) is 7.49. The van der Waals surface area contributed by atoms with Gasteiger partial charge >= 0.3 is 0 Å². The number of para-hydroxylation sites is 1. The molecule has 1 unspecified atom stereocenters. The second kappa shape index (κ2) is 8.48. The molecule has 1 amide bonds. The van der Waals surface area contributed by atoms with Gasteiger partial charge in [-0.05, 0) is 43.7 Å². The van der Waals surface area contributed by atoms with E-state index in [2.05, 4.69) is 5.32 Å². The standard InChI is InChI=1S/C18H21NO3S/c1-14(2)19-18(20)13-23(21)12-15-8-10-17(11-9-15)22-16-6-4-3-5-7-16/h3-11,14H,12-13H2,1-2H3,(H,19,20). The molecule has 2 aromatic rings. The summed E-state index contributed by atoms with van der Waals surface area (Å²) in [5, 5.41) is 2.74. The lowest BCUT2D eigenvalue weighted by Gasteiger charge is -2.09. The molecule has 0 aliphatic heterocycles. The van der Waals surface area contributed by atoms with Crippen molar-refractivity contribution >= 4 is 16.7 Å². The summed E-state index contributed by atoms with van der Waals surface area (Å²) in [7, 11) is -1.21. The number of carbonyl (C=O) groups is 1. The van der Waals surface area contributed by atoms with Crippen molar-refractivity contribution in [2.45, 2.75) is 25.6 Å². The van der Waals surface area contributed by atoms with Crippen molar-refractivity contribution in [3.8, 4) is 11.5 Å². The molecular weight excluding hydrogens is 310 g/mol. The molecule has 0 aromatic heterocycles. The number of hydrogen-bond acceptors (Lipinski definition) is 3. The van der Waals surface area contributed by atoms with E-state index in [9.17, 15) is 9.00 Å². The van der Waals surface area contributed by atoms with Crippen LogP contribution in [0.3, 0.4) is 0 Å². The van der Waals surface area contributed by atoms with Crippen molar-refractivity contribution in [1.29, 1.82) is 0 Å². The largest absolute Gasteiger partial charge is 0.457 e. The van der Waals surface area contributed by atoms with Crippen LogP contribution in [0.15, 0.2) is 54.6 Å². The Hall–Kier alpha value is -2.14. The minimum absolute atomic E-state index is 0.0282. The third kappa shape index (κ3) is 6.24. The number of ether oxygens (including phenoxy) is 1. The van der Waals surface area contributed by atoms with Gasteiger partial charge in [-0.1, -0.05) is 30.3 Å². The van der Waals surface area contributed by atoms with Crippen molar-refractivity contribution in [2.75, 3.05) is 5.75 Å². The monoisotopic (exact) mass is 331 g/mol.